The van der Waals surface area contributed by atoms with Crippen molar-refractivity contribution < 1.29 is 14.7 Å². The Balaban J connectivity index is 3.41. The number of aromatic carboxylic acids is 1. The van der Waals surface area contributed by atoms with Crippen LogP contribution < -0.4 is 0 Å². The number of rotatable bonds is 4. The van der Waals surface area contributed by atoms with Gasteiger partial charge in [-0.1, -0.05) is 25.1 Å². The first-order chi connectivity index (χ1) is 7.43. The Kier molecular flexibility index (Phi) is 3.48. The van der Waals surface area contributed by atoms with Crippen molar-refractivity contribution in [3.8, 4) is 0 Å². The summed E-state index contributed by atoms with van der Waals surface area (Å²) in [4.78, 5) is 22.8. The highest BCUT2D eigenvalue weighted by atomic mass is 16.4. The molecule has 3 heteroatoms. The van der Waals surface area contributed by atoms with E-state index in [9.17, 15) is 9.59 Å². The number of benzene rings is 1. The Morgan fingerprint density at radius 1 is 1.31 bits per heavy atom. The molecular weight excluding hydrogens is 204 g/mol. The molecule has 0 bridgehead atoms. The maximum absolute atomic E-state index is 11.7. The number of hydrogen-bond donors (Lipinski definition) is 1. The van der Waals surface area contributed by atoms with Crippen molar-refractivity contribution in [3.63, 3.8) is 0 Å². The van der Waals surface area contributed by atoms with E-state index in [1.165, 1.54) is 13.0 Å². The van der Waals surface area contributed by atoms with Crippen molar-refractivity contribution >= 4 is 11.8 Å². The second kappa shape index (κ2) is 4.47. The molecule has 1 aromatic carbocycles. The van der Waals surface area contributed by atoms with Crippen molar-refractivity contribution in [3.05, 3.63) is 35.4 Å². The summed E-state index contributed by atoms with van der Waals surface area (Å²) in [5, 5.41) is 9.09. The predicted octanol–water partition coefficient (Wildman–Crippen LogP) is 2.64. The summed E-state index contributed by atoms with van der Waals surface area (Å²) in [7, 11) is 0. The van der Waals surface area contributed by atoms with Gasteiger partial charge in [0.25, 0.3) is 0 Å². The summed E-state index contributed by atoms with van der Waals surface area (Å²) >= 11 is 0. The summed E-state index contributed by atoms with van der Waals surface area (Å²) in [6, 6.07) is 6.69. The maximum Gasteiger partial charge on any atom is 0.335 e. The molecule has 0 heterocycles. The number of carbonyl (C=O) groups excluding carboxylic acids is 1. The average Bonchev–Trinajstić information content (AvgIpc) is 2.27. The molecule has 1 atom stereocenters. The highest BCUT2D eigenvalue weighted by Crippen LogP contribution is 2.31. The van der Waals surface area contributed by atoms with Gasteiger partial charge in [0.15, 0.2) is 0 Å². The van der Waals surface area contributed by atoms with Crippen molar-refractivity contribution in [1.29, 1.82) is 0 Å². The molecular formula is C13H16O3. The molecule has 0 spiro atoms. The molecule has 1 rings (SSSR count). The summed E-state index contributed by atoms with van der Waals surface area (Å²) in [6.07, 6.45) is 0.590. The van der Waals surface area contributed by atoms with Crippen LogP contribution in [0.5, 0.6) is 0 Å². The van der Waals surface area contributed by atoms with E-state index in [-0.39, 0.29) is 11.3 Å². The molecule has 0 amide bonds. The Morgan fingerprint density at radius 3 is 2.31 bits per heavy atom. The number of carboxylic acid groups (broad SMARTS) is 1. The van der Waals surface area contributed by atoms with E-state index in [0.717, 1.165) is 0 Å². The van der Waals surface area contributed by atoms with E-state index in [2.05, 4.69) is 0 Å². The van der Waals surface area contributed by atoms with Crippen molar-refractivity contribution in [2.24, 2.45) is 0 Å². The third-order valence-electron chi connectivity index (χ3n) is 3.24. The van der Waals surface area contributed by atoms with Crippen molar-refractivity contribution in [1.82, 2.24) is 0 Å². The third-order valence-corrected chi connectivity index (χ3v) is 3.24. The Labute approximate surface area is 95.1 Å². The van der Waals surface area contributed by atoms with Crippen LogP contribution in [0.25, 0.3) is 0 Å². The number of carboxylic acids is 1. The van der Waals surface area contributed by atoms with Gasteiger partial charge >= 0.3 is 5.97 Å². The van der Waals surface area contributed by atoms with E-state index in [4.69, 9.17) is 5.11 Å². The zero-order chi connectivity index (χ0) is 12.3. The van der Waals surface area contributed by atoms with Crippen molar-refractivity contribution in [2.75, 3.05) is 0 Å². The van der Waals surface area contributed by atoms with Gasteiger partial charge in [0.05, 0.1) is 11.0 Å². The molecule has 1 aromatic rings. The number of ketones is 1. The van der Waals surface area contributed by atoms with E-state index in [1.807, 2.05) is 6.92 Å². The fourth-order valence-electron chi connectivity index (χ4n) is 1.78. The number of Topliss-reactive ketones (excluding diaryl/α,β-unsaturated/α-hetero) is 1. The van der Waals surface area contributed by atoms with Gasteiger partial charge in [0, 0.05) is 0 Å². The summed E-state index contributed by atoms with van der Waals surface area (Å²) in [5.41, 5.74) is 0.0918. The normalized spacial score (nSPS) is 14.2. The van der Waals surface area contributed by atoms with Crippen LogP contribution in [0.15, 0.2) is 24.3 Å². The van der Waals surface area contributed by atoms with Gasteiger partial charge in [-0.05, 0) is 31.9 Å². The second-order valence-corrected chi connectivity index (χ2v) is 4.09. The first-order valence-electron chi connectivity index (χ1n) is 5.27. The van der Waals surface area contributed by atoms with Crippen LogP contribution in [0, 0.1) is 0 Å². The minimum Gasteiger partial charge on any atom is -0.478 e. The molecule has 16 heavy (non-hydrogen) atoms. The minimum absolute atomic E-state index is 0.0105. The van der Waals surface area contributed by atoms with Gasteiger partial charge in [0.1, 0.15) is 5.78 Å². The largest absolute Gasteiger partial charge is 0.478 e. The van der Waals surface area contributed by atoms with Crippen LogP contribution in [0.4, 0.5) is 0 Å². The molecule has 0 radical (unpaired) electrons. The minimum atomic E-state index is -0.989. The molecule has 0 saturated carbocycles. The molecule has 0 aliphatic rings. The molecule has 86 valence electrons. The van der Waals surface area contributed by atoms with E-state index in [0.29, 0.717) is 12.0 Å². The van der Waals surface area contributed by atoms with Crippen molar-refractivity contribution in [2.45, 2.75) is 32.6 Å². The zero-order valence-corrected chi connectivity index (χ0v) is 9.78. The lowest BCUT2D eigenvalue weighted by molar-refractivity contribution is -0.122. The van der Waals surface area contributed by atoms with Gasteiger partial charge in [-0.3, -0.25) is 4.79 Å². The van der Waals surface area contributed by atoms with E-state index < -0.39 is 11.4 Å². The fourth-order valence-corrected chi connectivity index (χ4v) is 1.78. The highest BCUT2D eigenvalue weighted by Gasteiger charge is 2.33. The second-order valence-electron chi connectivity index (χ2n) is 4.09. The average molecular weight is 220 g/mol. The summed E-state index contributed by atoms with van der Waals surface area (Å²) in [5.74, 6) is -1.000. The topological polar surface area (TPSA) is 54.4 Å². The van der Waals surface area contributed by atoms with Crippen LogP contribution >= 0.6 is 0 Å². The monoisotopic (exact) mass is 220 g/mol. The molecule has 0 aromatic heterocycles. The lowest BCUT2D eigenvalue weighted by Gasteiger charge is -2.27. The predicted molar refractivity (Wildman–Crippen MR) is 61.7 cm³/mol. The molecule has 0 fully saturated rings. The Bertz CT molecular complexity index is 423. The van der Waals surface area contributed by atoms with Gasteiger partial charge < -0.3 is 5.11 Å². The van der Waals surface area contributed by atoms with Crippen LogP contribution in [0.3, 0.4) is 0 Å². The molecule has 0 aliphatic heterocycles. The third kappa shape index (κ3) is 1.98. The Morgan fingerprint density at radius 2 is 1.88 bits per heavy atom. The van der Waals surface area contributed by atoms with Crippen LogP contribution in [-0.4, -0.2) is 16.9 Å². The van der Waals surface area contributed by atoms with Gasteiger partial charge in [-0.15, -0.1) is 0 Å². The molecule has 0 aliphatic carbocycles. The van der Waals surface area contributed by atoms with E-state index >= 15 is 0 Å². The lowest BCUT2D eigenvalue weighted by Crippen LogP contribution is -2.31. The number of hydrogen-bond acceptors (Lipinski definition) is 2. The van der Waals surface area contributed by atoms with E-state index in [1.54, 1.807) is 25.1 Å². The number of carbonyl (C=O) groups is 2. The van der Waals surface area contributed by atoms with Crippen LogP contribution in [0.2, 0.25) is 0 Å². The van der Waals surface area contributed by atoms with Gasteiger partial charge in [0.2, 0.25) is 0 Å². The van der Waals surface area contributed by atoms with Crippen LogP contribution in [0.1, 0.15) is 43.1 Å². The van der Waals surface area contributed by atoms with Crippen LogP contribution in [-0.2, 0) is 10.2 Å². The first kappa shape index (κ1) is 12.4. The highest BCUT2D eigenvalue weighted by molar-refractivity contribution is 5.95. The summed E-state index contributed by atoms with van der Waals surface area (Å²) < 4.78 is 0. The SMILES string of the molecule is CCC(C)(C(C)=O)c1ccccc1C(=O)O. The quantitative estimate of drug-likeness (QED) is 0.848. The molecule has 3 nitrogen and oxygen atoms in total. The van der Waals surface area contributed by atoms with Gasteiger partial charge in [-0.2, -0.15) is 0 Å². The first-order valence-corrected chi connectivity index (χ1v) is 5.27. The molecule has 1 unspecified atom stereocenters. The lowest BCUT2D eigenvalue weighted by atomic mass is 9.75. The fraction of sp³-hybridized carbons (Fsp3) is 0.385. The zero-order valence-electron chi connectivity index (χ0n) is 9.78. The molecule has 1 N–H and O–H groups in total. The standard InChI is InChI=1S/C13H16O3/c1-4-13(3,9(2)14)11-8-6-5-7-10(11)12(15)16/h5-8H,4H2,1-3H3,(H,15,16). The molecule has 0 saturated heterocycles. The maximum atomic E-state index is 11.7. The van der Waals surface area contributed by atoms with Gasteiger partial charge in [-0.25, -0.2) is 4.79 Å². The Hall–Kier alpha value is -1.64. The summed E-state index contributed by atoms with van der Waals surface area (Å²) in [6.45, 7) is 5.18. The smallest absolute Gasteiger partial charge is 0.335 e.